The SMILES string of the molecule is c1ccc2c(-n3cnc4cncnc43)[nH]cc2c1. The highest BCUT2D eigenvalue weighted by Gasteiger charge is 2.09. The number of aromatic nitrogens is 5. The van der Waals surface area contributed by atoms with E-state index in [-0.39, 0.29) is 0 Å². The zero-order valence-corrected chi connectivity index (χ0v) is 9.41. The molecule has 0 saturated carbocycles. The second-order valence-corrected chi connectivity index (χ2v) is 4.07. The Morgan fingerprint density at radius 1 is 1.11 bits per heavy atom. The minimum atomic E-state index is 0.788. The number of nitrogens with one attached hydrogen (secondary N) is 1. The van der Waals surface area contributed by atoms with Crippen LogP contribution in [-0.2, 0) is 0 Å². The summed E-state index contributed by atoms with van der Waals surface area (Å²) in [5.74, 6) is 0.979. The van der Waals surface area contributed by atoms with Crippen LogP contribution >= 0.6 is 0 Å². The van der Waals surface area contributed by atoms with Crippen molar-refractivity contribution in [3.05, 3.63) is 49.3 Å². The number of rotatable bonds is 1. The van der Waals surface area contributed by atoms with Crippen LogP contribution in [0.3, 0.4) is 0 Å². The lowest BCUT2D eigenvalue weighted by Gasteiger charge is -2.01. The van der Waals surface area contributed by atoms with E-state index in [1.807, 2.05) is 22.9 Å². The van der Waals surface area contributed by atoms with Gasteiger partial charge in [-0.15, -0.1) is 0 Å². The molecule has 0 amide bonds. The van der Waals surface area contributed by atoms with Gasteiger partial charge in [0.1, 0.15) is 24.0 Å². The summed E-state index contributed by atoms with van der Waals surface area (Å²) in [5, 5.41) is 2.32. The second kappa shape index (κ2) is 3.40. The molecule has 1 aromatic carbocycles. The maximum atomic E-state index is 4.30. The summed E-state index contributed by atoms with van der Waals surface area (Å²) in [6.07, 6.45) is 6.99. The van der Waals surface area contributed by atoms with Crippen molar-refractivity contribution in [3.63, 3.8) is 0 Å². The molecular formula is C13H9N5. The van der Waals surface area contributed by atoms with Crippen molar-refractivity contribution in [3.8, 4) is 5.82 Å². The second-order valence-electron chi connectivity index (χ2n) is 4.07. The molecule has 3 aromatic heterocycles. The minimum absolute atomic E-state index is 0.788. The summed E-state index contributed by atoms with van der Waals surface area (Å²) in [7, 11) is 0. The molecule has 4 aromatic rings. The first-order valence-electron chi connectivity index (χ1n) is 5.63. The Balaban J connectivity index is 2.08. The fourth-order valence-corrected chi connectivity index (χ4v) is 2.19. The average Bonchev–Trinajstić information content (AvgIpc) is 3.01. The lowest BCUT2D eigenvalue weighted by Crippen LogP contribution is -1.94. The molecule has 0 atom stereocenters. The molecule has 5 nitrogen and oxygen atoms in total. The highest BCUT2D eigenvalue weighted by Crippen LogP contribution is 2.23. The molecule has 0 aliphatic heterocycles. The van der Waals surface area contributed by atoms with Gasteiger partial charge in [-0.2, -0.15) is 0 Å². The van der Waals surface area contributed by atoms with E-state index >= 15 is 0 Å². The van der Waals surface area contributed by atoms with Crippen LogP contribution < -0.4 is 0 Å². The van der Waals surface area contributed by atoms with Crippen LogP contribution in [0.5, 0.6) is 0 Å². The number of H-pyrrole nitrogens is 1. The fraction of sp³-hybridized carbons (Fsp3) is 0. The van der Waals surface area contributed by atoms with Crippen LogP contribution in [0.4, 0.5) is 0 Å². The molecule has 86 valence electrons. The molecule has 5 heteroatoms. The third-order valence-corrected chi connectivity index (χ3v) is 3.03. The summed E-state index contributed by atoms with van der Waals surface area (Å²) >= 11 is 0. The van der Waals surface area contributed by atoms with Crippen molar-refractivity contribution < 1.29 is 0 Å². The van der Waals surface area contributed by atoms with Gasteiger partial charge in [-0.05, 0) is 0 Å². The van der Waals surface area contributed by atoms with Gasteiger partial charge >= 0.3 is 0 Å². The van der Waals surface area contributed by atoms with E-state index in [1.165, 1.54) is 11.7 Å². The maximum Gasteiger partial charge on any atom is 0.168 e. The molecule has 0 saturated heterocycles. The molecule has 0 aliphatic carbocycles. The molecule has 0 aliphatic rings. The van der Waals surface area contributed by atoms with Crippen LogP contribution in [0.25, 0.3) is 27.8 Å². The highest BCUT2D eigenvalue weighted by atomic mass is 15.2. The molecule has 3 heterocycles. The van der Waals surface area contributed by atoms with E-state index in [2.05, 4.69) is 32.1 Å². The molecule has 0 unspecified atom stereocenters. The normalized spacial score (nSPS) is 11.3. The first-order chi connectivity index (χ1) is 8.93. The number of nitrogens with zero attached hydrogens (tertiary/aromatic N) is 4. The summed E-state index contributed by atoms with van der Waals surface area (Å²) in [5.41, 5.74) is 1.59. The van der Waals surface area contributed by atoms with Gasteiger partial charge < -0.3 is 4.98 Å². The summed E-state index contributed by atoms with van der Waals surface area (Å²) in [4.78, 5) is 15.8. The quantitative estimate of drug-likeness (QED) is 0.550. The Morgan fingerprint density at radius 3 is 3.06 bits per heavy atom. The summed E-state index contributed by atoms with van der Waals surface area (Å²) in [6.45, 7) is 0. The van der Waals surface area contributed by atoms with E-state index in [9.17, 15) is 0 Å². The van der Waals surface area contributed by atoms with Crippen LogP contribution in [-0.4, -0.2) is 24.5 Å². The Kier molecular flexibility index (Phi) is 1.77. The number of imidazole rings is 1. The highest BCUT2D eigenvalue weighted by molar-refractivity contribution is 5.90. The third-order valence-electron chi connectivity index (χ3n) is 3.03. The predicted molar refractivity (Wildman–Crippen MR) is 68.5 cm³/mol. The standard InChI is InChI=1S/C13H9N5/c1-2-4-10-9(3-1)5-15-12(10)18-8-17-11-6-14-7-16-13(11)18/h1-8,15H. The Labute approximate surface area is 102 Å². The van der Waals surface area contributed by atoms with Gasteiger partial charge in [0.2, 0.25) is 0 Å². The predicted octanol–water partition coefficient (Wildman–Crippen LogP) is 2.30. The van der Waals surface area contributed by atoms with Crippen molar-refractivity contribution in [2.45, 2.75) is 0 Å². The number of hydrogen-bond acceptors (Lipinski definition) is 3. The molecule has 0 bridgehead atoms. The minimum Gasteiger partial charge on any atom is -0.347 e. The van der Waals surface area contributed by atoms with Gasteiger partial charge in [-0.3, -0.25) is 4.57 Å². The first kappa shape index (κ1) is 9.35. The van der Waals surface area contributed by atoms with Crippen LogP contribution in [0.2, 0.25) is 0 Å². The van der Waals surface area contributed by atoms with Crippen molar-refractivity contribution in [1.82, 2.24) is 24.5 Å². The fourth-order valence-electron chi connectivity index (χ4n) is 2.19. The third kappa shape index (κ3) is 1.18. The summed E-state index contributed by atoms with van der Waals surface area (Å²) < 4.78 is 1.94. The van der Waals surface area contributed by atoms with Gasteiger partial charge in [0.05, 0.1) is 6.20 Å². The van der Waals surface area contributed by atoms with Crippen LogP contribution in [0.15, 0.2) is 49.3 Å². The van der Waals surface area contributed by atoms with Crippen molar-refractivity contribution in [2.24, 2.45) is 0 Å². The van der Waals surface area contributed by atoms with Crippen LogP contribution in [0, 0.1) is 0 Å². The molecule has 0 radical (unpaired) electrons. The number of benzene rings is 1. The lowest BCUT2D eigenvalue weighted by atomic mass is 10.2. The van der Waals surface area contributed by atoms with Gasteiger partial charge in [0.25, 0.3) is 0 Å². The smallest absolute Gasteiger partial charge is 0.168 e. The van der Waals surface area contributed by atoms with Crippen molar-refractivity contribution in [2.75, 3.05) is 0 Å². The van der Waals surface area contributed by atoms with Gasteiger partial charge in [0.15, 0.2) is 5.65 Å². The molecule has 0 fully saturated rings. The van der Waals surface area contributed by atoms with Crippen molar-refractivity contribution >= 4 is 21.9 Å². The lowest BCUT2D eigenvalue weighted by molar-refractivity contribution is 1.03. The first-order valence-corrected chi connectivity index (χ1v) is 5.63. The zero-order valence-electron chi connectivity index (χ0n) is 9.41. The average molecular weight is 235 g/mol. The van der Waals surface area contributed by atoms with E-state index in [1.54, 1.807) is 12.5 Å². The number of fused-ring (bicyclic) bond motifs is 2. The Hall–Kier alpha value is -2.69. The van der Waals surface area contributed by atoms with Crippen molar-refractivity contribution in [1.29, 1.82) is 0 Å². The number of aromatic amines is 1. The van der Waals surface area contributed by atoms with E-state index in [0.717, 1.165) is 22.4 Å². The molecule has 1 N–H and O–H groups in total. The topological polar surface area (TPSA) is 59.4 Å². The Bertz CT molecular complexity index is 770. The van der Waals surface area contributed by atoms with E-state index in [4.69, 9.17) is 0 Å². The van der Waals surface area contributed by atoms with Gasteiger partial charge in [-0.1, -0.05) is 24.3 Å². The van der Waals surface area contributed by atoms with Crippen LogP contribution in [0.1, 0.15) is 0 Å². The zero-order chi connectivity index (χ0) is 11.9. The monoisotopic (exact) mass is 235 g/mol. The molecule has 4 rings (SSSR count). The van der Waals surface area contributed by atoms with E-state index < -0.39 is 0 Å². The summed E-state index contributed by atoms with van der Waals surface area (Å²) in [6, 6.07) is 8.19. The molecule has 0 spiro atoms. The maximum absolute atomic E-state index is 4.30. The Morgan fingerprint density at radius 2 is 2.06 bits per heavy atom. The van der Waals surface area contributed by atoms with Gasteiger partial charge in [0, 0.05) is 17.0 Å². The largest absolute Gasteiger partial charge is 0.347 e. The van der Waals surface area contributed by atoms with Gasteiger partial charge in [-0.25, -0.2) is 15.0 Å². The number of hydrogen-bond donors (Lipinski definition) is 1. The molecular weight excluding hydrogens is 226 g/mol. The molecule has 18 heavy (non-hydrogen) atoms. The van der Waals surface area contributed by atoms with E-state index in [0.29, 0.717) is 0 Å².